The van der Waals surface area contributed by atoms with Gasteiger partial charge in [0.1, 0.15) is 0 Å². The highest BCUT2D eigenvalue weighted by molar-refractivity contribution is 6.18. The van der Waals surface area contributed by atoms with Crippen molar-refractivity contribution in [2.24, 2.45) is 34.5 Å². The van der Waals surface area contributed by atoms with Gasteiger partial charge in [-0.25, -0.2) is 0 Å². The summed E-state index contributed by atoms with van der Waals surface area (Å²) in [7, 11) is 0. The van der Waals surface area contributed by atoms with Crippen molar-refractivity contribution in [1.82, 2.24) is 0 Å². The number of hydrogen-bond acceptors (Lipinski definition) is 0. The molecule has 3 unspecified atom stereocenters. The van der Waals surface area contributed by atoms with Crippen LogP contribution >= 0.6 is 11.6 Å². The van der Waals surface area contributed by atoms with Gasteiger partial charge in [0.05, 0.1) is 0 Å². The largest absolute Gasteiger partial charge is 0.126 e. The molecule has 0 aromatic heterocycles. The third-order valence-corrected chi connectivity index (χ3v) is 7.70. The monoisotopic (exact) mass is 296 g/mol. The van der Waals surface area contributed by atoms with Crippen molar-refractivity contribution in [2.45, 2.75) is 78.6 Å². The number of fused-ring (bicyclic) bond motifs is 2. The molecule has 3 fully saturated rings. The summed E-state index contributed by atoms with van der Waals surface area (Å²) in [5, 5.41) is 0. The van der Waals surface area contributed by atoms with Crippen molar-refractivity contribution in [3.05, 3.63) is 0 Å². The van der Waals surface area contributed by atoms with Gasteiger partial charge in [0.2, 0.25) is 0 Å². The average molecular weight is 297 g/mol. The first-order valence-corrected chi connectivity index (χ1v) is 9.51. The van der Waals surface area contributed by atoms with E-state index in [0.29, 0.717) is 10.8 Å². The summed E-state index contributed by atoms with van der Waals surface area (Å²) in [5.74, 6) is 5.01. The predicted molar refractivity (Wildman–Crippen MR) is 88.1 cm³/mol. The number of hydrogen-bond donors (Lipinski definition) is 0. The smallest absolute Gasteiger partial charge is 0.0280 e. The maximum absolute atomic E-state index is 6.48. The molecule has 0 amide bonds. The molecule has 0 aliphatic heterocycles. The van der Waals surface area contributed by atoms with Crippen LogP contribution < -0.4 is 0 Å². The first kappa shape index (κ1) is 15.2. The van der Waals surface area contributed by atoms with Crippen LogP contribution in [0.1, 0.15) is 78.6 Å². The van der Waals surface area contributed by atoms with E-state index in [0.717, 1.165) is 29.6 Å². The quantitative estimate of drug-likeness (QED) is 0.538. The molecule has 3 atom stereocenters. The highest BCUT2D eigenvalue weighted by Crippen LogP contribution is 2.55. The first-order chi connectivity index (χ1) is 9.42. The van der Waals surface area contributed by atoms with Crippen molar-refractivity contribution < 1.29 is 0 Å². The maximum Gasteiger partial charge on any atom is 0.0280 e. The van der Waals surface area contributed by atoms with Gasteiger partial charge in [-0.15, -0.1) is 11.6 Å². The second kappa shape index (κ2) is 5.49. The number of rotatable bonds is 3. The highest BCUT2D eigenvalue weighted by Gasteiger charge is 2.45. The molecule has 3 aliphatic rings. The molecule has 0 aromatic carbocycles. The molecule has 3 aliphatic carbocycles. The molecule has 0 aromatic rings. The van der Waals surface area contributed by atoms with E-state index in [1.54, 1.807) is 6.42 Å². The minimum Gasteiger partial charge on any atom is -0.126 e. The zero-order chi connectivity index (χ0) is 14.4. The Balaban J connectivity index is 1.59. The van der Waals surface area contributed by atoms with Crippen molar-refractivity contribution in [1.29, 1.82) is 0 Å². The Morgan fingerprint density at radius 1 is 1.00 bits per heavy atom. The van der Waals surface area contributed by atoms with Gasteiger partial charge in [-0.05, 0) is 85.9 Å². The van der Waals surface area contributed by atoms with E-state index < -0.39 is 0 Å². The van der Waals surface area contributed by atoms with E-state index in [9.17, 15) is 0 Å². The summed E-state index contributed by atoms with van der Waals surface area (Å²) in [6.45, 7) is 7.25. The van der Waals surface area contributed by atoms with E-state index in [4.69, 9.17) is 11.6 Å². The van der Waals surface area contributed by atoms with Crippen LogP contribution in [0.4, 0.5) is 0 Å². The van der Waals surface area contributed by atoms with Gasteiger partial charge in [0, 0.05) is 5.88 Å². The van der Waals surface area contributed by atoms with Crippen LogP contribution in [-0.4, -0.2) is 5.88 Å². The Hall–Kier alpha value is 0.290. The fourth-order valence-electron chi connectivity index (χ4n) is 5.67. The molecular weight excluding hydrogens is 264 g/mol. The molecule has 3 rings (SSSR count). The van der Waals surface area contributed by atoms with Crippen molar-refractivity contribution >= 4 is 11.6 Å². The van der Waals surface area contributed by atoms with Crippen molar-refractivity contribution in [2.75, 3.05) is 5.88 Å². The molecular formula is C19H33Cl. The second-order valence-corrected chi connectivity index (χ2v) is 9.68. The fourth-order valence-corrected chi connectivity index (χ4v) is 6.05. The van der Waals surface area contributed by atoms with Crippen LogP contribution in [-0.2, 0) is 0 Å². The molecule has 0 nitrogen and oxygen atoms in total. The zero-order valence-electron chi connectivity index (χ0n) is 13.8. The summed E-state index contributed by atoms with van der Waals surface area (Å²) in [6.07, 6.45) is 13.2. The van der Waals surface area contributed by atoms with E-state index in [2.05, 4.69) is 20.8 Å². The topological polar surface area (TPSA) is 0 Å². The van der Waals surface area contributed by atoms with Crippen LogP contribution in [0.25, 0.3) is 0 Å². The second-order valence-electron chi connectivity index (χ2n) is 9.41. The standard InChI is InChI=1S/C19H33Cl/c1-18(2,3)17-6-8-19(13-20,9-7-17)12-16-11-14-4-5-15(16)10-14/h14-17H,4-13H2,1-3H3. The van der Waals surface area contributed by atoms with Crippen LogP contribution in [0.2, 0.25) is 0 Å². The summed E-state index contributed by atoms with van der Waals surface area (Å²) in [5.41, 5.74) is 0.989. The molecule has 0 saturated heterocycles. The lowest BCUT2D eigenvalue weighted by molar-refractivity contribution is 0.0736. The SMILES string of the molecule is CC(C)(C)C1CCC(CCl)(CC2CC3CCC2C3)CC1. The van der Waals surface area contributed by atoms with Crippen molar-refractivity contribution in [3.8, 4) is 0 Å². The van der Waals surface area contributed by atoms with E-state index >= 15 is 0 Å². The van der Waals surface area contributed by atoms with Crippen molar-refractivity contribution in [3.63, 3.8) is 0 Å². The fraction of sp³-hybridized carbons (Fsp3) is 1.00. The molecule has 0 N–H and O–H groups in total. The minimum atomic E-state index is 0.491. The molecule has 0 radical (unpaired) electrons. The van der Waals surface area contributed by atoms with E-state index in [1.165, 1.54) is 51.4 Å². The molecule has 116 valence electrons. The summed E-state index contributed by atoms with van der Waals surface area (Å²) in [6, 6.07) is 0. The maximum atomic E-state index is 6.48. The van der Waals surface area contributed by atoms with Gasteiger partial charge in [-0.1, -0.05) is 27.2 Å². The summed E-state index contributed by atoms with van der Waals surface area (Å²) < 4.78 is 0. The normalized spacial score (nSPS) is 45.0. The molecule has 0 heterocycles. The molecule has 3 saturated carbocycles. The molecule has 20 heavy (non-hydrogen) atoms. The Morgan fingerprint density at radius 3 is 2.15 bits per heavy atom. The van der Waals surface area contributed by atoms with Gasteiger partial charge in [0.15, 0.2) is 0 Å². The van der Waals surface area contributed by atoms with E-state index in [-0.39, 0.29) is 0 Å². The molecule has 0 spiro atoms. The van der Waals surface area contributed by atoms with Gasteiger partial charge in [-0.3, -0.25) is 0 Å². The lowest BCUT2D eigenvalue weighted by Crippen LogP contribution is -2.36. The third-order valence-electron chi connectivity index (χ3n) is 7.13. The highest BCUT2D eigenvalue weighted by atomic mass is 35.5. The van der Waals surface area contributed by atoms with Crippen LogP contribution in [0.15, 0.2) is 0 Å². The molecule has 1 heteroatoms. The van der Waals surface area contributed by atoms with Gasteiger partial charge < -0.3 is 0 Å². The molecule has 2 bridgehead atoms. The van der Waals surface area contributed by atoms with Gasteiger partial charge >= 0.3 is 0 Å². The predicted octanol–water partition coefficient (Wildman–Crippen LogP) is 6.27. The Bertz CT molecular complexity index is 332. The Morgan fingerprint density at radius 2 is 1.70 bits per heavy atom. The lowest BCUT2D eigenvalue weighted by atomic mass is 9.61. The van der Waals surface area contributed by atoms with Crippen LogP contribution in [0, 0.1) is 34.5 Å². The summed E-state index contributed by atoms with van der Waals surface area (Å²) >= 11 is 6.48. The lowest BCUT2D eigenvalue weighted by Gasteiger charge is -2.45. The van der Waals surface area contributed by atoms with Crippen LogP contribution in [0.5, 0.6) is 0 Å². The average Bonchev–Trinajstić information content (AvgIpc) is 3.00. The summed E-state index contributed by atoms with van der Waals surface area (Å²) in [4.78, 5) is 0. The van der Waals surface area contributed by atoms with Gasteiger partial charge in [-0.2, -0.15) is 0 Å². The zero-order valence-corrected chi connectivity index (χ0v) is 14.5. The van der Waals surface area contributed by atoms with Crippen LogP contribution in [0.3, 0.4) is 0 Å². The van der Waals surface area contributed by atoms with E-state index in [1.807, 2.05) is 0 Å². The third kappa shape index (κ3) is 2.92. The Kier molecular flexibility index (Phi) is 4.17. The Labute approximate surface area is 131 Å². The van der Waals surface area contributed by atoms with Gasteiger partial charge in [0.25, 0.3) is 0 Å². The number of halogens is 1. The number of alkyl halides is 1. The minimum absolute atomic E-state index is 0.491. The first-order valence-electron chi connectivity index (χ1n) is 8.98.